The van der Waals surface area contributed by atoms with Gasteiger partial charge in [-0.1, -0.05) is 39.0 Å². The van der Waals surface area contributed by atoms with Crippen LogP contribution in [0.15, 0.2) is 18.2 Å². The number of Topliss-reactive ketones (excluding diaryl/α,β-unsaturated/α-hetero) is 1. The number of carboxylic acids is 1. The van der Waals surface area contributed by atoms with Crippen LogP contribution in [0.4, 0.5) is 0 Å². The smallest absolute Gasteiger partial charge is 0.336 e. The quantitative estimate of drug-likeness (QED) is 0.403. The van der Waals surface area contributed by atoms with E-state index in [1.807, 2.05) is 0 Å². The van der Waals surface area contributed by atoms with E-state index < -0.39 is 5.97 Å². The van der Waals surface area contributed by atoms with Crippen LogP contribution < -0.4 is 4.74 Å². The summed E-state index contributed by atoms with van der Waals surface area (Å²) in [4.78, 5) is 23.4. The fraction of sp³-hybridized carbons (Fsp3) is 0.529. The molecule has 117 valence electrons. The van der Waals surface area contributed by atoms with Crippen molar-refractivity contribution in [3.63, 3.8) is 0 Å². The average Bonchev–Trinajstić information content (AvgIpc) is 2.49. The maximum absolute atomic E-state index is 12.2. The number of methoxy groups -OCH3 is 1. The minimum Gasteiger partial charge on any atom is -0.497 e. The second kappa shape index (κ2) is 11.7. The number of carboxylic acid groups (broad SMARTS) is 1. The van der Waals surface area contributed by atoms with Crippen molar-refractivity contribution in [2.24, 2.45) is 0 Å². The van der Waals surface area contributed by atoms with Gasteiger partial charge in [-0.15, -0.1) is 0 Å². The molecular formula is C17H24NaO4. The predicted octanol–water partition coefficient (Wildman–Crippen LogP) is 3.95. The first kappa shape index (κ1) is 21.2. The van der Waals surface area contributed by atoms with E-state index in [1.165, 1.54) is 38.5 Å². The molecule has 0 aromatic heterocycles. The molecule has 1 N–H and O–H groups in total. The van der Waals surface area contributed by atoms with E-state index in [4.69, 9.17) is 9.84 Å². The van der Waals surface area contributed by atoms with Crippen LogP contribution >= 0.6 is 0 Å². The molecule has 0 atom stereocenters. The van der Waals surface area contributed by atoms with E-state index in [2.05, 4.69) is 6.92 Å². The first-order chi connectivity index (χ1) is 10.1. The molecule has 1 aromatic rings. The molecule has 22 heavy (non-hydrogen) atoms. The van der Waals surface area contributed by atoms with E-state index >= 15 is 0 Å². The predicted molar refractivity (Wildman–Crippen MR) is 88.0 cm³/mol. The molecule has 0 amide bonds. The standard InChI is InChI=1S/C17H24O4.Na/c1-3-4-5-6-7-8-9-16(18)15-12-13(21-2)10-11-14(15)17(19)20;/h10-12H,3-9H2,1-2H3,(H,19,20);. The van der Waals surface area contributed by atoms with E-state index in [0.29, 0.717) is 12.2 Å². The van der Waals surface area contributed by atoms with Crippen LogP contribution in [-0.2, 0) is 0 Å². The summed E-state index contributed by atoms with van der Waals surface area (Å²) in [6.07, 6.45) is 6.96. The van der Waals surface area contributed by atoms with Crippen molar-refractivity contribution in [2.45, 2.75) is 51.9 Å². The van der Waals surface area contributed by atoms with Crippen LogP contribution in [0, 0.1) is 0 Å². The number of ether oxygens (including phenoxy) is 1. The summed E-state index contributed by atoms with van der Waals surface area (Å²) in [7, 11) is 1.50. The molecule has 1 radical (unpaired) electrons. The summed E-state index contributed by atoms with van der Waals surface area (Å²) in [5.41, 5.74) is 0.294. The Morgan fingerprint density at radius 1 is 1.05 bits per heavy atom. The molecule has 0 unspecified atom stereocenters. The molecule has 0 bridgehead atoms. The molecule has 1 rings (SSSR count). The number of carbonyl (C=O) groups is 2. The Labute approximate surface area is 154 Å². The van der Waals surface area contributed by atoms with Gasteiger partial charge in [-0.2, -0.15) is 0 Å². The molecule has 0 aliphatic heterocycles. The van der Waals surface area contributed by atoms with Crippen molar-refractivity contribution in [1.82, 2.24) is 0 Å². The van der Waals surface area contributed by atoms with Crippen LogP contribution in [0.3, 0.4) is 0 Å². The van der Waals surface area contributed by atoms with E-state index in [9.17, 15) is 9.59 Å². The summed E-state index contributed by atoms with van der Waals surface area (Å²) in [6, 6.07) is 4.50. The van der Waals surface area contributed by atoms with Crippen LogP contribution in [0.25, 0.3) is 0 Å². The number of rotatable bonds is 10. The first-order valence-electron chi connectivity index (χ1n) is 7.54. The zero-order chi connectivity index (χ0) is 15.7. The van der Waals surface area contributed by atoms with Crippen LogP contribution in [-0.4, -0.2) is 53.5 Å². The molecule has 0 aliphatic carbocycles. The third kappa shape index (κ3) is 6.95. The van der Waals surface area contributed by atoms with Gasteiger partial charge < -0.3 is 9.84 Å². The van der Waals surface area contributed by atoms with Crippen LogP contribution in [0.2, 0.25) is 0 Å². The molecule has 1 aromatic carbocycles. The Bertz CT molecular complexity index is 486. The maximum Gasteiger partial charge on any atom is 0.336 e. The van der Waals surface area contributed by atoms with Gasteiger partial charge >= 0.3 is 5.97 Å². The van der Waals surface area contributed by atoms with E-state index in [1.54, 1.807) is 6.07 Å². The summed E-state index contributed by atoms with van der Waals surface area (Å²) >= 11 is 0. The van der Waals surface area contributed by atoms with E-state index in [-0.39, 0.29) is 46.5 Å². The minimum atomic E-state index is -1.08. The molecule has 4 nitrogen and oxygen atoms in total. The maximum atomic E-state index is 12.2. The Balaban J connectivity index is 0.00000441. The van der Waals surface area contributed by atoms with Gasteiger partial charge in [0.1, 0.15) is 5.75 Å². The number of hydrogen-bond acceptors (Lipinski definition) is 3. The third-order valence-electron chi connectivity index (χ3n) is 3.51. The van der Waals surface area contributed by atoms with Crippen LogP contribution in [0.1, 0.15) is 72.6 Å². The van der Waals surface area contributed by atoms with Crippen molar-refractivity contribution in [3.05, 3.63) is 29.3 Å². The molecule has 0 saturated carbocycles. The molecule has 0 heterocycles. The largest absolute Gasteiger partial charge is 0.497 e. The molecule has 5 heteroatoms. The van der Waals surface area contributed by atoms with Crippen molar-refractivity contribution < 1.29 is 19.4 Å². The molecule has 0 spiro atoms. The Hall–Kier alpha value is -0.840. The molecule has 0 fully saturated rings. The van der Waals surface area contributed by atoms with Gasteiger partial charge in [-0.05, 0) is 24.6 Å². The van der Waals surface area contributed by atoms with Crippen molar-refractivity contribution >= 4 is 41.3 Å². The van der Waals surface area contributed by atoms with Gasteiger partial charge in [0.25, 0.3) is 0 Å². The van der Waals surface area contributed by atoms with Crippen LogP contribution in [0.5, 0.6) is 5.75 Å². The van der Waals surface area contributed by atoms with Crippen molar-refractivity contribution in [3.8, 4) is 5.75 Å². The average molecular weight is 315 g/mol. The van der Waals surface area contributed by atoms with Gasteiger partial charge in [0.2, 0.25) is 0 Å². The van der Waals surface area contributed by atoms with E-state index in [0.717, 1.165) is 19.3 Å². The number of carbonyl (C=O) groups excluding carboxylic acids is 1. The summed E-state index contributed by atoms with van der Waals surface area (Å²) < 4.78 is 5.06. The number of aromatic carboxylic acids is 1. The third-order valence-corrected chi connectivity index (χ3v) is 3.51. The van der Waals surface area contributed by atoms with Gasteiger partial charge in [-0.3, -0.25) is 4.79 Å². The van der Waals surface area contributed by atoms with Gasteiger partial charge in [0, 0.05) is 41.5 Å². The SMILES string of the molecule is CCCCCCCCC(=O)c1cc(OC)ccc1C(=O)O.[Na]. The second-order valence-corrected chi connectivity index (χ2v) is 5.16. The normalized spacial score (nSPS) is 9.91. The van der Waals surface area contributed by atoms with Gasteiger partial charge in [0.15, 0.2) is 5.78 Å². The molecule has 0 saturated heterocycles. The minimum absolute atomic E-state index is 0. The fourth-order valence-corrected chi connectivity index (χ4v) is 2.27. The Kier molecular flexibility index (Phi) is 11.2. The second-order valence-electron chi connectivity index (χ2n) is 5.16. The topological polar surface area (TPSA) is 63.6 Å². The van der Waals surface area contributed by atoms with Gasteiger partial charge in [0.05, 0.1) is 12.7 Å². The summed E-state index contributed by atoms with van der Waals surface area (Å²) in [5, 5.41) is 9.15. The van der Waals surface area contributed by atoms with Crippen molar-refractivity contribution in [1.29, 1.82) is 0 Å². The summed E-state index contributed by atoms with van der Waals surface area (Å²) in [6.45, 7) is 2.17. The Morgan fingerprint density at radius 3 is 2.27 bits per heavy atom. The zero-order valence-corrected chi connectivity index (χ0v) is 15.9. The van der Waals surface area contributed by atoms with Gasteiger partial charge in [-0.25, -0.2) is 4.79 Å². The number of benzene rings is 1. The fourth-order valence-electron chi connectivity index (χ4n) is 2.27. The number of ketones is 1. The molecule has 0 aliphatic rings. The summed E-state index contributed by atoms with van der Waals surface area (Å²) in [5.74, 6) is -0.697. The van der Waals surface area contributed by atoms with Crippen molar-refractivity contribution in [2.75, 3.05) is 7.11 Å². The Morgan fingerprint density at radius 2 is 1.68 bits per heavy atom. The number of unbranched alkanes of at least 4 members (excludes halogenated alkanes) is 5. The molecular weight excluding hydrogens is 291 g/mol. The zero-order valence-electron chi connectivity index (χ0n) is 13.9. The monoisotopic (exact) mass is 315 g/mol. The first-order valence-corrected chi connectivity index (χ1v) is 7.54. The number of hydrogen-bond donors (Lipinski definition) is 1.